The van der Waals surface area contributed by atoms with E-state index in [2.05, 4.69) is 32.0 Å². The van der Waals surface area contributed by atoms with Gasteiger partial charge in [0.25, 0.3) is 0 Å². The van der Waals surface area contributed by atoms with Crippen LogP contribution in [0.2, 0.25) is 0 Å². The van der Waals surface area contributed by atoms with Crippen molar-refractivity contribution in [3.8, 4) is 0 Å². The highest BCUT2D eigenvalue weighted by Crippen LogP contribution is 2.27. The minimum atomic E-state index is -0.0601. The SMILES string of the molecule is Cc1ccc([C@@H]2CCC(=O)OC2)cc1C. The summed E-state index contributed by atoms with van der Waals surface area (Å²) >= 11 is 0. The summed E-state index contributed by atoms with van der Waals surface area (Å²) in [5.41, 5.74) is 3.92. The Hall–Kier alpha value is -1.31. The Balaban J connectivity index is 2.16. The molecular formula is C13H16O2. The number of hydrogen-bond donors (Lipinski definition) is 0. The van der Waals surface area contributed by atoms with Crippen LogP contribution in [-0.4, -0.2) is 12.6 Å². The van der Waals surface area contributed by atoms with Gasteiger partial charge in [0.05, 0.1) is 6.61 Å². The van der Waals surface area contributed by atoms with Crippen molar-refractivity contribution in [1.82, 2.24) is 0 Å². The molecule has 1 aliphatic rings. The highest BCUT2D eigenvalue weighted by molar-refractivity contribution is 5.70. The normalized spacial score (nSPS) is 21.2. The Morgan fingerprint density at radius 3 is 2.67 bits per heavy atom. The van der Waals surface area contributed by atoms with Gasteiger partial charge in [0.1, 0.15) is 0 Å². The van der Waals surface area contributed by atoms with Crippen LogP contribution in [0.3, 0.4) is 0 Å². The molecule has 0 saturated carbocycles. The fraction of sp³-hybridized carbons (Fsp3) is 0.462. The monoisotopic (exact) mass is 204 g/mol. The molecule has 0 unspecified atom stereocenters. The van der Waals surface area contributed by atoms with Crippen LogP contribution in [0.15, 0.2) is 18.2 Å². The molecule has 0 radical (unpaired) electrons. The number of carbonyl (C=O) groups excluding carboxylic acids is 1. The Kier molecular flexibility index (Phi) is 2.76. The standard InChI is InChI=1S/C13H16O2/c1-9-3-4-11(7-10(9)2)12-5-6-13(14)15-8-12/h3-4,7,12H,5-6,8H2,1-2H3/t12-/m1/s1. The lowest BCUT2D eigenvalue weighted by atomic mass is 9.91. The second-order valence-electron chi connectivity index (χ2n) is 4.26. The van der Waals surface area contributed by atoms with E-state index in [1.165, 1.54) is 16.7 Å². The van der Waals surface area contributed by atoms with Gasteiger partial charge in [-0.05, 0) is 37.0 Å². The first-order chi connectivity index (χ1) is 7.16. The minimum Gasteiger partial charge on any atom is -0.465 e. The van der Waals surface area contributed by atoms with E-state index in [9.17, 15) is 4.79 Å². The molecule has 1 aliphatic heterocycles. The Labute approximate surface area is 90.3 Å². The van der Waals surface area contributed by atoms with Gasteiger partial charge in [0.15, 0.2) is 0 Å². The molecule has 0 amide bonds. The number of cyclic esters (lactones) is 1. The quantitative estimate of drug-likeness (QED) is 0.657. The average Bonchev–Trinajstić information content (AvgIpc) is 2.23. The third kappa shape index (κ3) is 2.20. The molecule has 2 nitrogen and oxygen atoms in total. The number of rotatable bonds is 1. The molecule has 2 heteroatoms. The lowest BCUT2D eigenvalue weighted by Gasteiger charge is -2.22. The summed E-state index contributed by atoms with van der Waals surface area (Å²) < 4.78 is 5.08. The molecule has 1 aromatic carbocycles. The molecule has 1 heterocycles. The van der Waals surface area contributed by atoms with Crippen molar-refractivity contribution in [3.05, 3.63) is 34.9 Å². The van der Waals surface area contributed by atoms with Crippen molar-refractivity contribution >= 4 is 5.97 Å². The maximum Gasteiger partial charge on any atom is 0.305 e. The Morgan fingerprint density at radius 1 is 1.27 bits per heavy atom. The van der Waals surface area contributed by atoms with Crippen LogP contribution in [0.1, 0.15) is 35.4 Å². The summed E-state index contributed by atoms with van der Waals surface area (Å²) in [7, 11) is 0. The molecule has 80 valence electrons. The molecule has 0 aliphatic carbocycles. The predicted molar refractivity (Wildman–Crippen MR) is 58.9 cm³/mol. The van der Waals surface area contributed by atoms with Gasteiger partial charge in [-0.3, -0.25) is 4.79 Å². The largest absolute Gasteiger partial charge is 0.465 e. The van der Waals surface area contributed by atoms with E-state index in [-0.39, 0.29) is 5.97 Å². The zero-order valence-corrected chi connectivity index (χ0v) is 9.25. The fourth-order valence-corrected chi connectivity index (χ4v) is 1.92. The van der Waals surface area contributed by atoms with E-state index in [1.54, 1.807) is 0 Å². The van der Waals surface area contributed by atoms with Crippen molar-refractivity contribution in [3.63, 3.8) is 0 Å². The van der Waals surface area contributed by atoms with Gasteiger partial charge in [0, 0.05) is 12.3 Å². The van der Waals surface area contributed by atoms with Crippen LogP contribution in [0, 0.1) is 13.8 Å². The van der Waals surface area contributed by atoms with Crippen LogP contribution in [0.4, 0.5) is 0 Å². The van der Waals surface area contributed by atoms with Crippen molar-refractivity contribution < 1.29 is 9.53 Å². The average molecular weight is 204 g/mol. The molecule has 1 aromatic rings. The van der Waals surface area contributed by atoms with Gasteiger partial charge in [-0.1, -0.05) is 18.2 Å². The lowest BCUT2D eigenvalue weighted by Crippen LogP contribution is -2.20. The van der Waals surface area contributed by atoms with Crippen molar-refractivity contribution in [1.29, 1.82) is 0 Å². The number of ether oxygens (including phenoxy) is 1. The topological polar surface area (TPSA) is 26.3 Å². The number of carbonyl (C=O) groups is 1. The molecule has 15 heavy (non-hydrogen) atoms. The zero-order valence-electron chi connectivity index (χ0n) is 9.25. The maximum absolute atomic E-state index is 10.9. The van der Waals surface area contributed by atoms with Gasteiger partial charge >= 0.3 is 5.97 Å². The summed E-state index contributed by atoms with van der Waals surface area (Å²) in [4.78, 5) is 10.9. The maximum atomic E-state index is 10.9. The minimum absolute atomic E-state index is 0.0601. The summed E-state index contributed by atoms with van der Waals surface area (Å²) in [6.45, 7) is 4.77. The Bertz CT molecular complexity index is 372. The highest BCUT2D eigenvalue weighted by Gasteiger charge is 2.21. The van der Waals surface area contributed by atoms with Gasteiger partial charge < -0.3 is 4.74 Å². The van der Waals surface area contributed by atoms with Crippen LogP contribution >= 0.6 is 0 Å². The van der Waals surface area contributed by atoms with Gasteiger partial charge in [0.2, 0.25) is 0 Å². The van der Waals surface area contributed by atoms with E-state index in [4.69, 9.17) is 4.74 Å². The summed E-state index contributed by atoms with van der Waals surface area (Å²) in [6, 6.07) is 6.49. The first-order valence-electron chi connectivity index (χ1n) is 5.39. The molecule has 1 atom stereocenters. The molecule has 2 rings (SSSR count). The first kappa shape index (κ1) is 10.2. The van der Waals surface area contributed by atoms with Crippen LogP contribution < -0.4 is 0 Å². The van der Waals surface area contributed by atoms with Gasteiger partial charge in [-0.15, -0.1) is 0 Å². The molecule has 0 spiro atoms. The molecule has 0 N–H and O–H groups in total. The summed E-state index contributed by atoms with van der Waals surface area (Å²) in [5.74, 6) is 0.331. The van der Waals surface area contributed by atoms with Gasteiger partial charge in [-0.25, -0.2) is 0 Å². The van der Waals surface area contributed by atoms with E-state index >= 15 is 0 Å². The first-order valence-corrected chi connectivity index (χ1v) is 5.39. The van der Waals surface area contributed by atoms with Gasteiger partial charge in [-0.2, -0.15) is 0 Å². The molecule has 1 saturated heterocycles. The second kappa shape index (κ2) is 4.05. The fourth-order valence-electron chi connectivity index (χ4n) is 1.92. The number of aryl methyl sites for hydroxylation is 2. The van der Waals surface area contributed by atoms with E-state index in [0.717, 1.165) is 6.42 Å². The summed E-state index contributed by atoms with van der Waals surface area (Å²) in [5, 5.41) is 0. The summed E-state index contributed by atoms with van der Waals surface area (Å²) in [6.07, 6.45) is 1.47. The zero-order chi connectivity index (χ0) is 10.8. The smallest absolute Gasteiger partial charge is 0.305 e. The van der Waals surface area contributed by atoms with Crippen LogP contribution in [0.5, 0.6) is 0 Å². The third-order valence-corrected chi connectivity index (χ3v) is 3.14. The lowest BCUT2D eigenvalue weighted by molar-refractivity contribution is -0.147. The van der Waals surface area contributed by atoms with Crippen molar-refractivity contribution in [2.24, 2.45) is 0 Å². The molecule has 0 bridgehead atoms. The molecular weight excluding hydrogens is 188 g/mol. The third-order valence-electron chi connectivity index (χ3n) is 3.14. The van der Waals surface area contributed by atoms with E-state index in [1.807, 2.05) is 0 Å². The van der Waals surface area contributed by atoms with E-state index in [0.29, 0.717) is 18.9 Å². The van der Waals surface area contributed by atoms with E-state index < -0.39 is 0 Å². The predicted octanol–water partition coefficient (Wildman–Crippen LogP) is 2.72. The van der Waals surface area contributed by atoms with Crippen molar-refractivity contribution in [2.75, 3.05) is 6.61 Å². The number of benzene rings is 1. The van der Waals surface area contributed by atoms with Crippen LogP contribution in [0.25, 0.3) is 0 Å². The van der Waals surface area contributed by atoms with Crippen molar-refractivity contribution in [2.45, 2.75) is 32.6 Å². The van der Waals surface area contributed by atoms with Crippen LogP contribution in [-0.2, 0) is 9.53 Å². The highest BCUT2D eigenvalue weighted by atomic mass is 16.5. The molecule has 0 aromatic heterocycles. The number of hydrogen-bond acceptors (Lipinski definition) is 2. The molecule has 1 fully saturated rings. The number of esters is 1. The Morgan fingerprint density at radius 2 is 2.07 bits per heavy atom. The second-order valence-corrected chi connectivity index (χ2v) is 4.26.